The van der Waals surface area contributed by atoms with E-state index in [1.807, 2.05) is 12.2 Å². The molecule has 1 aliphatic heterocycles. The molecule has 2 fully saturated rings. The predicted octanol–water partition coefficient (Wildman–Crippen LogP) is 3.80. The normalized spacial score (nSPS) is 25.8. The van der Waals surface area contributed by atoms with Gasteiger partial charge in [0, 0.05) is 10.0 Å². The first kappa shape index (κ1) is 19.9. The van der Waals surface area contributed by atoms with Crippen molar-refractivity contribution in [1.29, 1.82) is 0 Å². The van der Waals surface area contributed by atoms with E-state index in [-0.39, 0.29) is 52.5 Å². The number of Topliss-reactive ketones (excluding diaryl/α,β-unsaturated/α-hetero) is 1. The van der Waals surface area contributed by atoms with Crippen LogP contribution >= 0.6 is 15.9 Å². The minimum absolute atomic E-state index is 0.0825. The molecule has 0 N–H and O–H groups in total. The summed E-state index contributed by atoms with van der Waals surface area (Å²) in [5.41, 5.74) is 0.727. The highest BCUT2D eigenvalue weighted by molar-refractivity contribution is 9.10. The van der Waals surface area contributed by atoms with Crippen molar-refractivity contribution in [3.05, 3.63) is 76.3 Å². The van der Waals surface area contributed by atoms with Crippen LogP contribution in [0.3, 0.4) is 0 Å². The van der Waals surface area contributed by atoms with Crippen LogP contribution in [0.25, 0.3) is 0 Å². The zero-order valence-electron chi connectivity index (χ0n) is 16.4. The highest BCUT2D eigenvalue weighted by atomic mass is 79.9. The number of allylic oxidation sites excluding steroid dienone is 2. The van der Waals surface area contributed by atoms with Crippen LogP contribution in [0.5, 0.6) is 0 Å². The van der Waals surface area contributed by atoms with Gasteiger partial charge >= 0.3 is 5.97 Å². The number of hydrogen-bond donors (Lipinski definition) is 0. The summed E-state index contributed by atoms with van der Waals surface area (Å²) < 4.78 is 6.07. The van der Waals surface area contributed by atoms with Gasteiger partial charge < -0.3 is 4.74 Å². The molecule has 6 nitrogen and oxygen atoms in total. The Morgan fingerprint density at radius 2 is 1.55 bits per heavy atom. The van der Waals surface area contributed by atoms with Gasteiger partial charge in [0.05, 0.1) is 23.1 Å². The standard InChI is InChI=1S/C24H18BrNO5/c25-16-9-7-13(8-10-16)19(27)12-31-24(30)17-3-1-2-4-18(17)26-22(28)20-14-5-6-15(11-14)21(20)23(26)29/h1-10,14-15,20-21H,11-12H2/t14-,15+,20+,21-. The van der Waals surface area contributed by atoms with Gasteiger partial charge in [-0.15, -0.1) is 0 Å². The second-order valence-corrected chi connectivity index (χ2v) is 8.95. The molecule has 156 valence electrons. The van der Waals surface area contributed by atoms with Crippen LogP contribution in [0.2, 0.25) is 0 Å². The van der Waals surface area contributed by atoms with Crippen LogP contribution in [-0.4, -0.2) is 30.2 Å². The first-order valence-electron chi connectivity index (χ1n) is 10.1. The van der Waals surface area contributed by atoms with Gasteiger partial charge in [0.1, 0.15) is 0 Å². The lowest BCUT2D eigenvalue weighted by molar-refractivity contribution is -0.123. The quantitative estimate of drug-likeness (QED) is 0.282. The summed E-state index contributed by atoms with van der Waals surface area (Å²) in [5.74, 6) is -2.17. The van der Waals surface area contributed by atoms with Crippen molar-refractivity contribution in [3.63, 3.8) is 0 Å². The number of amides is 2. The van der Waals surface area contributed by atoms with Crippen LogP contribution in [0, 0.1) is 23.7 Å². The van der Waals surface area contributed by atoms with Gasteiger partial charge in [0.2, 0.25) is 11.8 Å². The number of benzene rings is 2. The maximum atomic E-state index is 13.1. The Balaban J connectivity index is 1.35. The topological polar surface area (TPSA) is 80.8 Å². The fourth-order valence-electron chi connectivity index (χ4n) is 4.91. The fourth-order valence-corrected chi connectivity index (χ4v) is 5.17. The molecule has 0 radical (unpaired) electrons. The number of hydrogen-bond acceptors (Lipinski definition) is 5. The molecule has 0 aromatic heterocycles. The van der Waals surface area contributed by atoms with E-state index in [4.69, 9.17) is 4.74 Å². The van der Waals surface area contributed by atoms with Crippen molar-refractivity contribution < 1.29 is 23.9 Å². The number of halogens is 1. The lowest BCUT2D eigenvalue weighted by Gasteiger charge is -2.19. The van der Waals surface area contributed by atoms with Gasteiger partial charge in [-0.25, -0.2) is 9.69 Å². The summed E-state index contributed by atoms with van der Waals surface area (Å²) in [6.45, 7) is -0.435. The minimum atomic E-state index is -0.750. The molecule has 0 unspecified atom stereocenters. The second kappa shape index (κ2) is 7.57. The molecule has 5 rings (SSSR count). The number of nitrogens with zero attached hydrogens (tertiary/aromatic N) is 1. The molecular weight excluding hydrogens is 462 g/mol. The van der Waals surface area contributed by atoms with Crippen molar-refractivity contribution in [1.82, 2.24) is 0 Å². The maximum Gasteiger partial charge on any atom is 0.340 e. The average Bonchev–Trinajstić information content (AvgIpc) is 3.46. The van der Waals surface area contributed by atoms with E-state index < -0.39 is 12.6 Å². The third-order valence-electron chi connectivity index (χ3n) is 6.34. The smallest absolute Gasteiger partial charge is 0.340 e. The van der Waals surface area contributed by atoms with E-state index in [0.29, 0.717) is 5.56 Å². The van der Waals surface area contributed by atoms with E-state index in [1.54, 1.807) is 42.5 Å². The van der Waals surface area contributed by atoms with E-state index in [1.165, 1.54) is 6.07 Å². The molecule has 7 heteroatoms. The first-order valence-corrected chi connectivity index (χ1v) is 10.9. The van der Waals surface area contributed by atoms with Crippen molar-refractivity contribution in [2.24, 2.45) is 23.7 Å². The van der Waals surface area contributed by atoms with Gasteiger partial charge in [-0.3, -0.25) is 14.4 Å². The average molecular weight is 480 g/mol. The third kappa shape index (κ3) is 3.24. The van der Waals surface area contributed by atoms with Crippen LogP contribution in [0.4, 0.5) is 5.69 Å². The summed E-state index contributed by atoms with van der Waals surface area (Å²) in [5, 5.41) is 0. The Morgan fingerprint density at radius 3 is 2.19 bits per heavy atom. The number of carbonyl (C=O) groups excluding carboxylic acids is 4. The molecule has 2 amide bonds. The van der Waals surface area contributed by atoms with Gasteiger partial charge in [-0.1, -0.05) is 52.3 Å². The van der Waals surface area contributed by atoms with Gasteiger partial charge in [-0.2, -0.15) is 0 Å². The first-order chi connectivity index (χ1) is 15.0. The molecule has 31 heavy (non-hydrogen) atoms. The Kier molecular flexibility index (Phi) is 4.85. The Morgan fingerprint density at radius 1 is 0.935 bits per heavy atom. The van der Waals surface area contributed by atoms with Crippen LogP contribution in [0.1, 0.15) is 27.1 Å². The second-order valence-electron chi connectivity index (χ2n) is 8.04. The number of fused-ring (bicyclic) bond motifs is 5. The van der Waals surface area contributed by atoms with E-state index in [2.05, 4.69) is 15.9 Å². The molecule has 3 aliphatic rings. The van der Waals surface area contributed by atoms with E-state index in [9.17, 15) is 19.2 Å². The van der Waals surface area contributed by atoms with Crippen LogP contribution in [-0.2, 0) is 14.3 Å². The zero-order valence-corrected chi connectivity index (χ0v) is 17.9. The van der Waals surface area contributed by atoms with E-state index >= 15 is 0 Å². The number of rotatable bonds is 5. The Hall–Kier alpha value is -3.06. The minimum Gasteiger partial charge on any atom is -0.454 e. The highest BCUT2D eigenvalue weighted by Crippen LogP contribution is 2.53. The number of esters is 1. The maximum absolute atomic E-state index is 13.1. The SMILES string of the molecule is O=C(COC(=O)c1ccccc1N1C(=O)[C@@H]2[C@H](C1=O)[C@H]1C=C[C@@H]2C1)c1ccc(Br)cc1. The summed E-state index contributed by atoms with van der Waals surface area (Å²) in [4.78, 5) is 52.4. The summed E-state index contributed by atoms with van der Waals surface area (Å²) in [6, 6.07) is 13.1. The lowest BCUT2D eigenvalue weighted by Crippen LogP contribution is -2.34. The number of para-hydroxylation sites is 1. The number of imide groups is 1. The van der Waals surface area contributed by atoms with Gasteiger partial charge in [0.25, 0.3) is 0 Å². The Bertz CT molecular complexity index is 1110. The number of ether oxygens (including phenoxy) is 1. The predicted molar refractivity (Wildman–Crippen MR) is 115 cm³/mol. The molecule has 1 heterocycles. The molecule has 0 spiro atoms. The molecule has 2 aromatic rings. The summed E-state index contributed by atoms with van der Waals surface area (Å²) in [7, 11) is 0. The zero-order chi connectivity index (χ0) is 21.7. The molecular formula is C24H18BrNO5. The number of anilines is 1. The fraction of sp³-hybridized carbons (Fsp3) is 0.250. The van der Waals surface area contributed by atoms with Gasteiger partial charge in [-0.05, 0) is 42.5 Å². The molecule has 2 aromatic carbocycles. The monoisotopic (exact) mass is 479 g/mol. The van der Waals surface area contributed by atoms with Crippen molar-refractivity contribution >= 4 is 45.2 Å². The van der Waals surface area contributed by atoms with Crippen LogP contribution in [0.15, 0.2) is 65.2 Å². The van der Waals surface area contributed by atoms with Crippen molar-refractivity contribution in [2.45, 2.75) is 6.42 Å². The van der Waals surface area contributed by atoms with Crippen LogP contribution < -0.4 is 4.90 Å². The third-order valence-corrected chi connectivity index (χ3v) is 6.86. The van der Waals surface area contributed by atoms with Crippen molar-refractivity contribution in [3.8, 4) is 0 Å². The largest absolute Gasteiger partial charge is 0.454 e. The van der Waals surface area contributed by atoms with E-state index in [0.717, 1.165) is 15.8 Å². The lowest BCUT2D eigenvalue weighted by atomic mass is 9.85. The van der Waals surface area contributed by atoms with Crippen molar-refractivity contribution in [2.75, 3.05) is 11.5 Å². The molecule has 2 aliphatic carbocycles. The van der Waals surface area contributed by atoms with Gasteiger partial charge in [0.15, 0.2) is 12.4 Å². The molecule has 1 saturated heterocycles. The molecule has 4 atom stereocenters. The Labute approximate surface area is 187 Å². The molecule has 2 bridgehead atoms. The summed E-state index contributed by atoms with van der Waals surface area (Å²) >= 11 is 3.31. The highest BCUT2D eigenvalue weighted by Gasteiger charge is 2.59. The summed E-state index contributed by atoms with van der Waals surface area (Å²) in [6.07, 6.45) is 4.88. The number of carbonyl (C=O) groups is 4. The number of ketones is 1. The molecule has 1 saturated carbocycles.